The number of hydrogen-bond donors (Lipinski definition) is 3. The lowest BCUT2D eigenvalue weighted by atomic mass is 9.89. The zero-order valence-corrected chi connectivity index (χ0v) is 15.4. The predicted molar refractivity (Wildman–Crippen MR) is 99.5 cm³/mol. The Labute approximate surface area is 164 Å². The Kier molecular flexibility index (Phi) is 5.69. The summed E-state index contributed by atoms with van der Waals surface area (Å²) in [6.45, 7) is 2.00. The van der Waals surface area contributed by atoms with Gasteiger partial charge in [0.25, 0.3) is 0 Å². The van der Waals surface area contributed by atoms with Crippen LogP contribution in [0.2, 0.25) is 0 Å². The van der Waals surface area contributed by atoms with Crippen LogP contribution in [-0.4, -0.2) is 32.5 Å². The first-order valence-corrected chi connectivity index (χ1v) is 8.78. The average molecular weight is 404 g/mol. The molecule has 0 spiro atoms. The van der Waals surface area contributed by atoms with Crippen molar-refractivity contribution < 1.29 is 23.1 Å². The third-order valence-corrected chi connectivity index (χ3v) is 4.72. The molecule has 1 aliphatic carbocycles. The Bertz CT molecular complexity index is 1000. The molecule has 6 nitrogen and oxygen atoms in total. The topological polar surface area (TPSA) is 105 Å². The van der Waals surface area contributed by atoms with Crippen molar-refractivity contribution in [2.45, 2.75) is 31.5 Å². The van der Waals surface area contributed by atoms with Crippen molar-refractivity contribution in [3.8, 4) is 0 Å². The molecule has 1 aliphatic rings. The van der Waals surface area contributed by atoms with Gasteiger partial charge in [0.05, 0.1) is 11.8 Å². The van der Waals surface area contributed by atoms with Crippen molar-refractivity contribution in [3.63, 3.8) is 0 Å². The van der Waals surface area contributed by atoms with E-state index in [2.05, 4.69) is 21.5 Å². The summed E-state index contributed by atoms with van der Waals surface area (Å²) < 4.78 is 38.6. The van der Waals surface area contributed by atoms with Gasteiger partial charge in [-0.25, -0.2) is 4.79 Å². The first kappa shape index (κ1) is 20.5. The molecule has 2 atom stereocenters. The summed E-state index contributed by atoms with van der Waals surface area (Å²) in [5.74, 6) is -1.23. The first-order chi connectivity index (χ1) is 13.7. The number of nitrogens with one attached hydrogen (secondary N) is 1. The highest BCUT2D eigenvalue weighted by atomic mass is 19.4. The fourth-order valence-corrected chi connectivity index (χ4v) is 3.46. The Balaban J connectivity index is 0.000000252. The number of carboxylic acid groups (broad SMARTS) is 1. The molecule has 9 heteroatoms. The fourth-order valence-electron chi connectivity index (χ4n) is 3.46. The maximum Gasteiger partial charge on any atom is 0.416 e. The second-order valence-corrected chi connectivity index (χ2v) is 6.83. The van der Waals surface area contributed by atoms with Crippen LogP contribution in [0.5, 0.6) is 0 Å². The van der Waals surface area contributed by atoms with Gasteiger partial charge in [-0.05, 0) is 36.1 Å². The van der Waals surface area contributed by atoms with Crippen LogP contribution < -0.4 is 5.73 Å². The second kappa shape index (κ2) is 8.04. The summed E-state index contributed by atoms with van der Waals surface area (Å²) >= 11 is 0. The van der Waals surface area contributed by atoms with Crippen LogP contribution in [0.25, 0.3) is 0 Å². The third kappa shape index (κ3) is 4.62. The lowest BCUT2D eigenvalue weighted by Crippen LogP contribution is -2.25. The highest BCUT2D eigenvalue weighted by Crippen LogP contribution is 2.39. The van der Waals surface area contributed by atoms with Gasteiger partial charge >= 0.3 is 12.1 Å². The SMILES string of the molecule is Cc1ccc2c(c1)CC(N)C2c1cccc(C(F)(F)F)c1.O=C(O)c1cn[nH]n1. The van der Waals surface area contributed by atoms with Gasteiger partial charge in [0.1, 0.15) is 0 Å². The Morgan fingerprint density at radius 1 is 1.24 bits per heavy atom. The van der Waals surface area contributed by atoms with Crippen molar-refractivity contribution in [2.75, 3.05) is 0 Å². The molecule has 0 amide bonds. The van der Waals surface area contributed by atoms with Crippen LogP contribution >= 0.6 is 0 Å². The molecule has 1 heterocycles. The van der Waals surface area contributed by atoms with Gasteiger partial charge in [0.2, 0.25) is 0 Å². The number of carbonyl (C=O) groups is 1. The number of aromatic carboxylic acids is 1. The maximum absolute atomic E-state index is 12.9. The van der Waals surface area contributed by atoms with Gasteiger partial charge in [0.15, 0.2) is 5.69 Å². The van der Waals surface area contributed by atoms with Crippen LogP contribution in [0.1, 0.15) is 44.2 Å². The molecule has 0 saturated carbocycles. The number of alkyl halides is 3. The molecule has 0 saturated heterocycles. The summed E-state index contributed by atoms with van der Waals surface area (Å²) in [5.41, 5.74) is 9.48. The summed E-state index contributed by atoms with van der Waals surface area (Å²) in [6.07, 6.45) is -2.48. The van der Waals surface area contributed by atoms with Gasteiger partial charge in [-0.15, -0.1) is 5.10 Å². The summed E-state index contributed by atoms with van der Waals surface area (Å²) in [4.78, 5) is 9.94. The molecule has 0 fully saturated rings. The number of aromatic nitrogens is 3. The largest absolute Gasteiger partial charge is 0.476 e. The number of aryl methyl sites for hydroxylation is 1. The van der Waals surface area contributed by atoms with Gasteiger partial charge in [0, 0.05) is 12.0 Å². The van der Waals surface area contributed by atoms with E-state index in [0.29, 0.717) is 12.0 Å². The predicted octanol–water partition coefficient (Wildman–Crippen LogP) is 3.53. The van der Waals surface area contributed by atoms with Crippen LogP contribution in [0.15, 0.2) is 48.7 Å². The smallest absolute Gasteiger partial charge is 0.416 e. The van der Waals surface area contributed by atoms with E-state index in [-0.39, 0.29) is 17.7 Å². The molecule has 29 heavy (non-hydrogen) atoms. The van der Waals surface area contributed by atoms with E-state index < -0.39 is 17.7 Å². The lowest BCUT2D eigenvalue weighted by molar-refractivity contribution is -0.137. The van der Waals surface area contributed by atoms with E-state index >= 15 is 0 Å². The standard InChI is InChI=1S/C17H16F3N.C3H3N3O2/c1-10-5-6-14-12(7-10)9-15(21)16(14)11-3-2-4-13(8-11)17(18,19)20;7-3(8)2-1-4-6-5-2/h2-8,15-16H,9,21H2,1H3;1H,(H,7,8)(H,4,5,6). The number of benzene rings is 2. The van der Waals surface area contributed by atoms with Crippen LogP contribution in [-0.2, 0) is 12.6 Å². The number of H-pyrrole nitrogens is 1. The molecule has 4 rings (SSSR count). The number of nitrogens with two attached hydrogens (primary N) is 1. The van der Waals surface area contributed by atoms with Crippen molar-refractivity contribution in [1.29, 1.82) is 0 Å². The quantitative estimate of drug-likeness (QED) is 0.606. The Hall–Kier alpha value is -3.20. The number of hydrogen-bond acceptors (Lipinski definition) is 4. The second-order valence-electron chi connectivity index (χ2n) is 6.83. The minimum absolute atomic E-state index is 0.0648. The summed E-state index contributed by atoms with van der Waals surface area (Å²) in [5, 5.41) is 16.9. The van der Waals surface area contributed by atoms with Crippen molar-refractivity contribution in [3.05, 3.63) is 82.2 Å². The van der Waals surface area contributed by atoms with Gasteiger partial charge < -0.3 is 10.8 Å². The molecule has 152 valence electrons. The molecule has 0 bridgehead atoms. The van der Waals surface area contributed by atoms with Gasteiger partial charge in [-0.2, -0.15) is 23.5 Å². The number of aromatic amines is 1. The van der Waals surface area contributed by atoms with Crippen LogP contribution in [0, 0.1) is 6.92 Å². The zero-order valence-electron chi connectivity index (χ0n) is 15.4. The molecule has 3 aromatic rings. The van der Waals surface area contributed by atoms with E-state index in [1.165, 1.54) is 12.1 Å². The van der Waals surface area contributed by atoms with E-state index in [1.807, 2.05) is 19.1 Å². The Morgan fingerprint density at radius 3 is 2.59 bits per heavy atom. The maximum atomic E-state index is 12.9. The number of rotatable bonds is 2. The molecule has 0 radical (unpaired) electrons. The van der Waals surface area contributed by atoms with E-state index in [0.717, 1.165) is 29.0 Å². The number of fused-ring (bicyclic) bond motifs is 1. The molecule has 0 aliphatic heterocycles. The molecule has 2 unspecified atom stereocenters. The van der Waals surface area contributed by atoms with E-state index in [9.17, 15) is 18.0 Å². The average Bonchev–Trinajstić information content (AvgIpc) is 3.28. The zero-order chi connectivity index (χ0) is 21.2. The molecule has 4 N–H and O–H groups in total. The number of nitrogens with zero attached hydrogens (tertiary/aromatic N) is 2. The highest BCUT2D eigenvalue weighted by Gasteiger charge is 2.34. The van der Waals surface area contributed by atoms with E-state index in [4.69, 9.17) is 10.8 Å². The minimum atomic E-state index is -4.32. The third-order valence-electron chi connectivity index (χ3n) is 4.72. The van der Waals surface area contributed by atoms with E-state index in [1.54, 1.807) is 6.07 Å². The van der Waals surface area contributed by atoms with Crippen molar-refractivity contribution in [2.24, 2.45) is 5.73 Å². The summed E-state index contributed by atoms with van der Waals surface area (Å²) in [6, 6.07) is 11.4. The molecule has 2 aromatic carbocycles. The molecule has 1 aromatic heterocycles. The monoisotopic (exact) mass is 404 g/mol. The highest BCUT2D eigenvalue weighted by molar-refractivity contribution is 5.84. The van der Waals surface area contributed by atoms with Gasteiger partial charge in [-0.1, -0.05) is 42.0 Å². The number of halogens is 3. The van der Waals surface area contributed by atoms with Crippen molar-refractivity contribution in [1.82, 2.24) is 15.4 Å². The lowest BCUT2D eigenvalue weighted by Gasteiger charge is -2.19. The summed E-state index contributed by atoms with van der Waals surface area (Å²) in [7, 11) is 0. The minimum Gasteiger partial charge on any atom is -0.476 e. The van der Waals surface area contributed by atoms with Crippen LogP contribution in [0.4, 0.5) is 13.2 Å². The Morgan fingerprint density at radius 2 is 2.00 bits per heavy atom. The normalized spacial score (nSPS) is 18.0. The molecular formula is C20H19F3N4O2. The molecular weight excluding hydrogens is 385 g/mol. The fraction of sp³-hybridized carbons (Fsp3) is 0.250. The number of carboxylic acids is 1. The van der Waals surface area contributed by atoms with Crippen molar-refractivity contribution >= 4 is 5.97 Å². The first-order valence-electron chi connectivity index (χ1n) is 8.78. The van der Waals surface area contributed by atoms with Gasteiger partial charge in [-0.3, -0.25) is 0 Å². The van der Waals surface area contributed by atoms with Crippen LogP contribution in [0.3, 0.4) is 0 Å².